The van der Waals surface area contributed by atoms with Crippen LogP contribution in [0.4, 0.5) is 0 Å². The number of rotatable bonds is 2. The van der Waals surface area contributed by atoms with Gasteiger partial charge in [0.1, 0.15) is 0 Å². The third-order valence-electron chi connectivity index (χ3n) is 5.78. The molecular formula is C24H36Cl2SiZr-2. The minimum Gasteiger partial charge on any atom is -1.00 e. The van der Waals surface area contributed by atoms with Crippen LogP contribution in [0.5, 0.6) is 0 Å². The van der Waals surface area contributed by atoms with Crippen molar-refractivity contribution in [3.63, 3.8) is 0 Å². The zero-order valence-corrected chi connectivity index (χ0v) is 22.8. The van der Waals surface area contributed by atoms with Gasteiger partial charge in [0.25, 0.3) is 0 Å². The zero-order chi connectivity index (χ0) is 18.9. The number of allylic oxidation sites excluding steroid dienone is 8. The van der Waals surface area contributed by atoms with Gasteiger partial charge in [0.15, 0.2) is 0 Å². The van der Waals surface area contributed by atoms with E-state index >= 15 is 0 Å². The molecule has 28 heavy (non-hydrogen) atoms. The van der Waals surface area contributed by atoms with Crippen molar-refractivity contribution in [1.82, 2.24) is 0 Å². The second-order valence-electron chi connectivity index (χ2n) is 8.21. The molecule has 0 radical (unpaired) electrons. The summed E-state index contributed by atoms with van der Waals surface area (Å²) in [6.07, 6.45) is 28.5. The molecule has 6 unspecified atom stereocenters. The second-order valence-corrected chi connectivity index (χ2v) is 17.6. The Kier molecular flexibility index (Phi) is 15.8. The van der Waals surface area contributed by atoms with Crippen LogP contribution in [0.1, 0.15) is 39.5 Å². The van der Waals surface area contributed by atoms with E-state index in [1.54, 1.807) is 23.3 Å². The summed E-state index contributed by atoms with van der Waals surface area (Å²) in [5, 5.41) is 0. The molecule has 4 aliphatic carbocycles. The van der Waals surface area contributed by atoms with E-state index in [0.717, 1.165) is 35.5 Å². The summed E-state index contributed by atoms with van der Waals surface area (Å²) in [7, 11) is 0. The summed E-state index contributed by atoms with van der Waals surface area (Å²) < 4.78 is 0. The minimum absolute atomic E-state index is 0. The normalized spacial score (nSPS) is 33.2. The smallest absolute Gasteiger partial charge is 1.00 e. The molecule has 0 aromatic heterocycles. The van der Waals surface area contributed by atoms with Gasteiger partial charge in [-0.25, -0.2) is 0 Å². The maximum absolute atomic E-state index is 2.52. The minimum atomic E-state index is 0. The van der Waals surface area contributed by atoms with Crippen molar-refractivity contribution in [3.05, 3.63) is 61.4 Å². The Morgan fingerprint density at radius 3 is 1.36 bits per heavy atom. The first-order valence-electron chi connectivity index (χ1n) is 10.4. The molecule has 2 fully saturated rings. The topological polar surface area (TPSA) is 0 Å². The standard InChI is InChI=1S/2C11H15.C2H6Si.2ClH.Zr/c2*1-2-9-7-10-5-3-4-6-11(10)8-9;1-3-2;;;/h2*3-7,9-11H,2,8H2,1H3;1-2H3;2*1H;/q2*-1;;;;+2/p-2. The summed E-state index contributed by atoms with van der Waals surface area (Å²) in [6.45, 7) is 9.18. The van der Waals surface area contributed by atoms with Gasteiger partial charge in [0.2, 0.25) is 0 Å². The van der Waals surface area contributed by atoms with Crippen molar-refractivity contribution in [2.75, 3.05) is 0 Å². The molecule has 0 nitrogen and oxygen atoms in total. The summed E-state index contributed by atoms with van der Waals surface area (Å²) >= 11 is 1.74. The van der Waals surface area contributed by atoms with E-state index in [-0.39, 0.29) is 30.2 Å². The fraction of sp³-hybridized carbons (Fsp3) is 0.583. The van der Waals surface area contributed by atoms with Crippen molar-refractivity contribution in [3.8, 4) is 0 Å². The average Bonchev–Trinajstić information content (AvgIpc) is 3.24. The van der Waals surface area contributed by atoms with Gasteiger partial charge in [0, 0.05) is 0 Å². The quantitative estimate of drug-likeness (QED) is 0.377. The molecule has 2 saturated carbocycles. The van der Waals surface area contributed by atoms with Gasteiger partial charge in [-0.2, -0.15) is 11.8 Å². The molecule has 156 valence electrons. The van der Waals surface area contributed by atoms with Gasteiger partial charge in [-0.1, -0.05) is 76.0 Å². The average molecular weight is 515 g/mol. The third kappa shape index (κ3) is 9.63. The maximum Gasteiger partial charge on any atom is -1.00 e. The van der Waals surface area contributed by atoms with Gasteiger partial charge in [0.05, 0.1) is 0 Å². The SMILES string of the molecule is CCC1[CH-]C2C=CC=CC2C1.CCC1[CH-]C2C=CC=CC2C1.C[Si](C)=[Zr+2].[Cl-].[Cl-]. The first-order valence-corrected chi connectivity index (χ1v) is 16.6. The fourth-order valence-corrected chi connectivity index (χ4v) is 4.32. The van der Waals surface area contributed by atoms with E-state index in [1.807, 2.05) is 0 Å². The summed E-state index contributed by atoms with van der Waals surface area (Å²) in [6, 6.07) is 0. The van der Waals surface area contributed by atoms with Gasteiger partial charge in [-0.05, 0) is 11.8 Å². The van der Waals surface area contributed by atoms with Crippen LogP contribution in [0.2, 0.25) is 13.1 Å². The van der Waals surface area contributed by atoms with Crippen molar-refractivity contribution in [2.45, 2.75) is 52.6 Å². The van der Waals surface area contributed by atoms with Crippen LogP contribution in [-0.4, -0.2) is 5.43 Å². The molecule has 6 atom stereocenters. The van der Waals surface area contributed by atoms with E-state index in [1.165, 1.54) is 25.7 Å². The molecule has 0 amide bonds. The van der Waals surface area contributed by atoms with Crippen molar-refractivity contribution >= 4 is 5.43 Å². The van der Waals surface area contributed by atoms with E-state index in [2.05, 4.69) is 88.4 Å². The van der Waals surface area contributed by atoms with Crippen molar-refractivity contribution in [2.24, 2.45) is 35.5 Å². The van der Waals surface area contributed by atoms with Gasteiger partial charge < -0.3 is 37.7 Å². The van der Waals surface area contributed by atoms with Crippen LogP contribution >= 0.6 is 0 Å². The van der Waals surface area contributed by atoms with Crippen LogP contribution in [-0.2, 0) is 23.3 Å². The van der Waals surface area contributed by atoms with E-state index < -0.39 is 0 Å². The Balaban J connectivity index is 0.000000415. The fourth-order valence-electron chi connectivity index (χ4n) is 4.32. The molecule has 4 aliphatic rings. The van der Waals surface area contributed by atoms with Gasteiger partial charge in [-0.15, -0.1) is 24.0 Å². The predicted molar refractivity (Wildman–Crippen MR) is 113 cm³/mol. The van der Waals surface area contributed by atoms with Crippen LogP contribution in [0.25, 0.3) is 0 Å². The molecule has 0 heterocycles. The molecule has 0 aliphatic heterocycles. The van der Waals surface area contributed by atoms with Gasteiger partial charge >= 0.3 is 41.9 Å². The molecule has 0 saturated heterocycles. The van der Waals surface area contributed by atoms with Gasteiger partial charge in [-0.3, -0.25) is 0 Å². The second kappa shape index (κ2) is 15.4. The molecule has 4 heteroatoms. The van der Waals surface area contributed by atoms with Crippen LogP contribution in [0.3, 0.4) is 0 Å². The monoisotopic (exact) mass is 512 g/mol. The van der Waals surface area contributed by atoms with E-state index in [0.29, 0.717) is 0 Å². The van der Waals surface area contributed by atoms with Crippen LogP contribution in [0, 0.1) is 48.3 Å². The third-order valence-corrected chi connectivity index (χ3v) is 5.78. The number of hydrogen-bond donors (Lipinski definition) is 0. The predicted octanol–water partition coefficient (Wildman–Crippen LogP) is 0.750. The molecule has 0 aromatic rings. The van der Waals surface area contributed by atoms with E-state index in [4.69, 9.17) is 0 Å². The summed E-state index contributed by atoms with van der Waals surface area (Å²) in [4.78, 5) is 0. The Morgan fingerprint density at radius 1 is 0.750 bits per heavy atom. The van der Waals surface area contributed by atoms with Crippen molar-refractivity contribution < 1.29 is 48.1 Å². The van der Waals surface area contributed by atoms with Crippen LogP contribution in [0.15, 0.2) is 48.6 Å². The molecule has 0 aromatic carbocycles. The Morgan fingerprint density at radius 2 is 1.07 bits per heavy atom. The molecule has 0 spiro atoms. The van der Waals surface area contributed by atoms with E-state index in [9.17, 15) is 0 Å². The zero-order valence-electron chi connectivity index (χ0n) is 17.8. The largest absolute Gasteiger partial charge is 1.00 e. The molecule has 0 bridgehead atoms. The summed E-state index contributed by atoms with van der Waals surface area (Å²) in [5.41, 5.74) is 0.210. The van der Waals surface area contributed by atoms with Crippen molar-refractivity contribution in [1.29, 1.82) is 0 Å². The molecule has 4 rings (SSSR count). The number of hydrogen-bond acceptors (Lipinski definition) is 0. The Labute approximate surface area is 202 Å². The number of halogens is 2. The Bertz CT molecular complexity index is 479. The maximum atomic E-state index is 2.52. The van der Waals surface area contributed by atoms with Crippen LogP contribution < -0.4 is 24.8 Å². The summed E-state index contributed by atoms with van der Waals surface area (Å²) in [5.74, 6) is 4.90. The first kappa shape index (κ1) is 28.6. The molecular weight excluding hydrogens is 478 g/mol. The molecule has 0 N–H and O–H groups in total. The Hall–Kier alpha value is 0.640. The first-order chi connectivity index (χ1) is 12.5. The number of fused-ring (bicyclic) bond motifs is 2.